The van der Waals surface area contributed by atoms with E-state index in [0.29, 0.717) is 18.7 Å². The molecule has 0 bridgehead atoms. The van der Waals surface area contributed by atoms with Crippen LogP contribution in [0.5, 0.6) is 0 Å². The molecule has 0 spiro atoms. The highest BCUT2D eigenvalue weighted by atomic mass is 32.2. The molecule has 1 atom stereocenters. The van der Waals surface area contributed by atoms with Gasteiger partial charge in [-0.05, 0) is 36.9 Å². The minimum absolute atomic E-state index is 0.125. The van der Waals surface area contributed by atoms with Crippen molar-refractivity contribution in [3.8, 4) is 0 Å². The zero-order valence-electron chi connectivity index (χ0n) is 10.8. The Morgan fingerprint density at radius 1 is 1.53 bits per heavy atom. The lowest BCUT2D eigenvalue weighted by Crippen LogP contribution is -2.40. The van der Waals surface area contributed by atoms with Crippen LogP contribution < -0.4 is 5.14 Å². The van der Waals surface area contributed by atoms with Gasteiger partial charge in [0.1, 0.15) is 5.69 Å². The topological polar surface area (TPSA) is 76.3 Å². The summed E-state index contributed by atoms with van der Waals surface area (Å²) in [5.41, 5.74) is 0.369. The average molecular weight is 279 g/mol. The fourth-order valence-electron chi connectivity index (χ4n) is 2.30. The van der Waals surface area contributed by atoms with Crippen LogP contribution in [0, 0.1) is 0 Å². The molecule has 19 heavy (non-hydrogen) atoms. The highest BCUT2D eigenvalue weighted by Gasteiger charge is 2.33. The summed E-state index contributed by atoms with van der Waals surface area (Å²) in [7, 11) is 0. The quantitative estimate of drug-likeness (QED) is 0.848. The number of hydrogen-bond acceptors (Lipinski definition) is 5. The number of rotatable bonds is 4. The Kier molecular flexibility index (Phi) is 4.55. The maximum Gasteiger partial charge on any atom is 0.273 e. The Morgan fingerprint density at radius 2 is 2.32 bits per heavy atom. The number of nitrogens with two attached hydrogens (primary N) is 1. The Hall–Kier alpha value is -1.40. The van der Waals surface area contributed by atoms with E-state index < -0.39 is 0 Å². The molecule has 2 rings (SSSR count). The number of hydrogen-bond donors (Lipinski definition) is 1. The Morgan fingerprint density at radius 3 is 2.89 bits per heavy atom. The number of aromatic nitrogens is 1. The normalized spacial score (nSPS) is 18.6. The third-order valence-electron chi connectivity index (χ3n) is 3.33. The van der Waals surface area contributed by atoms with E-state index in [-0.39, 0.29) is 17.7 Å². The van der Waals surface area contributed by atoms with Gasteiger partial charge in [0.15, 0.2) is 5.78 Å². The van der Waals surface area contributed by atoms with E-state index in [1.807, 2.05) is 6.92 Å². The van der Waals surface area contributed by atoms with Gasteiger partial charge in [0, 0.05) is 24.1 Å². The number of pyridine rings is 1. The number of likely N-dealkylation sites (tertiary alicyclic amines) is 1. The van der Waals surface area contributed by atoms with Gasteiger partial charge in [0.05, 0.1) is 6.04 Å². The second-order valence-corrected chi connectivity index (χ2v) is 5.18. The van der Waals surface area contributed by atoms with E-state index in [1.54, 1.807) is 23.2 Å². The minimum atomic E-state index is -0.275. The monoisotopic (exact) mass is 279 g/mol. The molecule has 5 nitrogen and oxygen atoms in total. The molecule has 1 fully saturated rings. The van der Waals surface area contributed by atoms with Gasteiger partial charge in [-0.25, -0.2) is 4.98 Å². The van der Waals surface area contributed by atoms with E-state index in [1.165, 1.54) is 0 Å². The SMILES string of the molecule is CCC(=O)[C@@H]1CCCN1C(=O)c1ccc(SN)cn1. The molecule has 0 aliphatic carbocycles. The van der Waals surface area contributed by atoms with Gasteiger partial charge in [0.2, 0.25) is 0 Å². The van der Waals surface area contributed by atoms with Crippen LogP contribution in [0.25, 0.3) is 0 Å². The highest BCUT2D eigenvalue weighted by Crippen LogP contribution is 2.21. The smallest absolute Gasteiger partial charge is 0.273 e. The average Bonchev–Trinajstić information content (AvgIpc) is 2.95. The van der Waals surface area contributed by atoms with Crippen LogP contribution in [0.4, 0.5) is 0 Å². The number of carbonyl (C=O) groups excluding carboxylic acids is 2. The molecule has 0 saturated carbocycles. The van der Waals surface area contributed by atoms with Crippen LogP contribution in [0.1, 0.15) is 36.7 Å². The van der Waals surface area contributed by atoms with E-state index in [9.17, 15) is 9.59 Å². The van der Waals surface area contributed by atoms with Crippen molar-refractivity contribution in [2.75, 3.05) is 6.54 Å². The third-order valence-corrected chi connectivity index (χ3v) is 3.84. The fourth-order valence-corrected chi connectivity index (χ4v) is 2.56. The van der Waals surface area contributed by atoms with Crippen molar-refractivity contribution in [2.24, 2.45) is 5.14 Å². The van der Waals surface area contributed by atoms with Gasteiger partial charge in [-0.1, -0.05) is 6.92 Å². The van der Waals surface area contributed by atoms with Crippen molar-refractivity contribution >= 4 is 23.6 Å². The van der Waals surface area contributed by atoms with Crippen LogP contribution in [-0.4, -0.2) is 34.2 Å². The number of Topliss-reactive ketones (excluding diaryl/α,β-unsaturated/α-hetero) is 1. The first-order chi connectivity index (χ1) is 9.17. The molecule has 6 heteroatoms. The van der Waals surface area contributed by atoms with E-state index in [0.717, 1.165) is 29.7 Å². The fraction of sp³-hybridized carbons (Fsp3) is 0.462. The summed E-state index contributed by atoms with van der Waals surface area (Å²) in [5, 5.41) is 5.41. The molecule has 1 saturated heterocycles. The number of amides is 1. The summed E-state index contributed by atoms with van der Waals surface area (Å²) in [6, 6.07) is 3.14. The number of ketones is 1. The summed E-state index contributed by atoms with van der Waals surface area (Å²) < 4.78 is 0. The second-order valence-electron chi connectivity index (χ2n) is 4.47. The van der Waals surface area contributed by atoms with Crippen LogP contribution in [0.2, 0.25) is 0 Å². The summed E-state index contributed by atoms with van der Waals surface area (Å²) in [4.78, 5) is 30.7. The Balaban J connectivity index is 2.15. The van der Waals surface area contributed by atoms with E-state index in [4.69, 9.17) is 5.14 Å². The van der Waals surface area contributed by atoms with Crippen LogP contribution in [-0.2, 0) is 4.79 Å². The van der Waals surface area contributed by atoms with E-state index in [2.05, 4.69) is 4.98 Å². The third kappa shape index (κ3) is 2.96. The molecule has 102 valence electrons. The van der Waals surface area contributed by atoms with Gasteiger partial charge in [-0.2, -0.15) is 0 Å². The van der Waals surface area contributed by atoms with Gasteiger partial charge >= 0.3 is 0 Å². The van der Waals surface area contributed by atoms with Crippen molar-refractivity contribution in [1.82, 2.24) is 9.88 Å². The lowest BCUT2D eigenvalue weighted by atomic mass is 10.1. The molecule has 1 amide bonds. The molecule has 1 aromatic heterocycles. The van der Waals surface area contributed by atoms with E-state index >= 15 is 0 Å². The molecule has 1 aliphatic heterocycles. The predicted molar refractivity (Wildman–Crippen MR) is 73.6 cm³/mol. The summed E-state index contributed by atoms with van der Waals surface area (Å²) in [6.45, 7) is 2.46. The standard InChI is InChI=1S/C13H17N3O2S/c1-2-12(17)11-4-3-7-16(11)13(18)10-6-5-9(19-14)8-15-10/h5-6,8,11H,2-4,7,14H2,1H3/t11-/m0/s1. The largest absolute Gasteiger partial charge is 0.327 e. The molecule has 2 heterocycles. The predicted octanol–water partition coefficient (Wildman–Crippen LogP) is 1.63. The first kappa shape index (κ1) is 14.0. The number of carbonyl (C=O) groups is 2. The Labute approximate surface area is 116 Å². The highest BCUT2D eigenvalue weighted by molar-refractivity contribution is 7.97. The molecule has 0 radical (unpaired) electrons. The molecule has 1 aliphatic rings. The molecular formula is C13H17N3O2S. The van der Waals surface area contributed by atoms with Crippen molar-refractivity contribution in [1.29, 1.82) is 0 Å². The van der Waals surface area contributed by atoms with Crippen molar-refractivity contribution in [2.45, 2.75) is 37.1 Å². The van der Waals surface area contributed by atoms with Gasteiger partial charge < -0.3 is 4.90 Å². The van der Waals surface area contributed by atoms with Crippen molar-refractivity contribution < 1.29 is 9.59 Å². The summed E-state index contributed by atoms with van der Waals surface area (Å²) >= 11 is 1.09. The minimum Gasteiger partial charge on any atom is -0.327 e. The van der Waals surface area contributed by atoms with Gasteiger partial charge in [-0.3, -0.25) is 14.7 Å². The molecule has 0 aromatic carbocycles. The molecule has 1 aromatic rings. The van der Waals surface area contributed by atoms with Crippen LogP contribution in [0.15, 0.2) is 23.2 Å². The van der Waals surface area contributed by atoms with Gasteiger partial charge in [-0.15, -0.1) is 0 Å². The lowest BCUT2D eigenvalue weighted by Gasteiger charge is -2.22. The number of nitrogens with zero attached hydrogens (tertiary/aromatic N) is 2. The zero-order chi connectivity index (χ0) is 13.8. The Bertz CT molecular complexity index is 475. The first-order valence-corrected chi connectivity index (χ1v) is 7.21. The van der Waals surface area contributed by atoms with Crippen LogP contribution in [0.3, 0.4) is 0 Å². The first-order valence-electron chi connectivity index (χ1n) is 6.33. The maximum atomic E-state index is 12.4. The zero-order valence-corrected chi connectivity index (χ0v) is 11.7. The lowest BCUT2D eigenvalue weighted by molar-refractivity contribution is -0.122. The molecule has 2 N–H and O–H groups in total. The van der Waals surface area contributed by atoms with Crippen LogP contribution >= 0.6 is 11.9 Å². The van der Waals surface area contributed by atoms with Crippen molar-refractivity contribution in [3.63, 3.8) is 0 Å². The summed E-state index contributed by atoms with van der Waals surface area (Å²) in [6.07, 6.45) is 3.67. The van der Waals surface area contributed by atoms with Crippen molar-refractivity contribution in [3.05, 3.63) is 24.0 Å². The summed E-state index contributed by atoms with van der Waals surface area (Å²) in [5.74, 6) is -0.0437. The van der Waals surface area contributed by atoms with Gasteiger partial charge in [0.25, 0.3) is 5.91 Å². The molecular weight excluding hydrogens is 262 g/mol. The molecule has 0 unspecified atom stereocenters. The maximum absolute atomic E-state index is 12.4. The second kappa shape index (κ2) is 6.16.